The van der Waals surface area contributed by atoms with Crippen molar-refractivity contribution in [1.82, 2.24) is 15.2 Å². The van der Waals surface area contributed by atoms with Crippen LogP contribution in [0.5, 0.6) is 11.5 Å². The molecule has 1 fully saturated rings. The second kappa shape index (κ2) is 8.67. The van der Waals surface area contributed by atoms with Crippen LogP contribution in [0.3, 0.4) is 0 Å². The molecule has 11 heteroatoms. The number of halogens is 1. The van der Waals surface area contributed by atoms with Crippen molar-refractivity contribution >= 4 is 23.6 Å². The van der Waals surface area contributed by atoms with Crippen LogP contribution in [-0.2, 0) is 16.1 Å². The Balaban J connectivity index is 1.72. The van der Waals surface area contributed by atoms with E-state index in [9.17, 15) is 24.3 Å². The van der Waals surface area contributed by atoms with Crippen LogP contribution in [0.25, 0.3) is 16.9 Å². The Kier molecular flexibility index (Phi) is 5.62. The molecule has 1 unspecified atom stereocenters. The Morgan fingerprint density at radius 1 is 1.14 bits per heavy atom. The zero-order valence-electron chi connectivity index (χ0n) is 19.6. The van der Waals surface area contributed by atoms with Crippen LogP contribution in [0.2, 0.25) is 0 Å². The predicted octanol–water partition coefficient (Wildman–Crippen LogP) is 2.24. The van der Waals surface area contributed by atoms with E-state index < -0.39 is 22.8 Å². The van der Waals surface area contributed by atoms with Gasteiger partial charge in [0.1, 0.15) is 11.3 Å². The number of hydrogen-bond donors (Lipinski definition) is 3. The highest BCUT2D eigenvalue weighted by molar-refractivity contribution is 5.92. The molecule has 1 aromatic rings. The Labute approximate surface area is 204 Å². The summed E-state index contributed by atoms with van der Waals surface area (Å²) < 4.78 is 23.3. The van der Waals surface area contributed by atoms with E-state index in [-0.39, 0.29) is 47.2 Å². The number of carboxylic acids is 1. The molecule has 1 atom stereocenters. The number of carboxylic acid groups (broad SMARTS) is 1. The lowest BCUT2D eigenvalue weighted by Crippen LogP contribution is -2.36. The van der Waals surface area contributed by atoms with Crippen LogP contribution in [0.4, 0.5) is 10.2 Å². The minimum absolute atomic E-state index is 0.102. The van der Waals surface area contributed by atoms with Crippen molar-refractivity contribution in [1.29, 1.82) is 0 Å². The molecule has 36 heavy (non-hydrogen) atoms. The molecule has 0 radical (unpaired) electrons. The third-order valence-electron chi connectivity index (χ3n) is 6.33. The molecule has 3 aliphatic heterocycles. The van der Waals surface area contributed by atoms with Crippen molar-refractivity contribution in [3.05, 3.63) is 57.5 Å². The molecule has 0 aromatic heterocycles. The summed E-state index contributed by atoms with van der Waals surface area (Å²) in [5.74, 6) is -1.94. The number of pyridine rings is 1. The molecule has 0 bridgehead atoms. The van der Waals surface area contributed by atoms with Crippen molar-refractivity contribution < 1.29 is 28.6 Å². The van der Waals surface area contributed by atoms with E-state index in [1.54, 1.807) is 27.7 Å². The molecule has 3 heterocycles. The number of hydrogen-bond acceptors (Lipinski definition) is 6. The van der Waals surface area contributed by atoms with Crippen LogP contribution < -0.4 is 25.7 Å². The van der Waals surface area contributed by atoms with Crippen LogP contribution in [0, 0.1) is 5.82 Å². The second-order valence-corrected chi connectivity index (χ2v) is 8.92. The summed E-state index contributed by atoms with van der Waals surface area (Å²) in [6.07, 6.45) is 0.605. The van der Waals surface area contributed by atoms with E-state index in [0.29, 0.717) is 36.5 Å². The molecule has 10 nitrogen and oxygen atoms in total. The molecule has 0 spiro atoms. The van der Waals surface area contributed by atoms with Gasteiger partial charge in [0.15, 0.2) is 23.1 Å². The smallest absolute Gasteiger partial charge is 0.339 e. The standard InChI is InChI=1S/C25H23FN4O6/c1-12(31)27-10-14-3-4-19-20(7-14)36-21-9-17(25(34)35)23(33)16-8-18(26)24(30(19)22(16)21)29-6-5-15(11-29)28-13(2)32/h3-4,7-9,15H,5-6,10-11H2,1-2H3,(H,27,31)(H,28,32)(H,34,35). The number of carbonyl (C=O) groups excluding carboxylic acids is 2. The Morgan fingerprint density at radius 3 is 2.61 bits per heavy atom. The minimum Gasteiger partial charge on any atom is -0.478 e. The quantitative estimate of drug-likeness (QED) is 0.388. The summed E-state index contributed by atoms with van der Waals surface area (Å²) in [5.41, 5.74) is -0.0245. The molecule has 5 rings (SSSR count). The number of ether oxygens (including phenoxy) is 1. The maximum absolute atomic E-state index is 15.7. The topological polar surface area (TPSA) is 130 Å². The van der Waals surface area contributed by atoms with Gasteiger partial charge in [-0.05, 0) is 30.2 Å². The fourth-order valence-electron chi connectivity index (χ4n) is 4.82. The van der Waals surface area contributed by atoms with Crippen LogP contribution in [-0.4, -0.2) is 46.6 Å². The molecule has 1 aliphatic carbocycles. The lowest BCUT2D eigenvalue weighted by molar-refractivity contribution is -0.120. The van der Waals surface area contributed by atoms with Crippen LogP contribution >= 0.6 is 0 Å². The molecule has 3 N–H and O–H groups in total. The molecule has 1 aromatic carbocycles. The summed E-state index contributed by atoms with van der Waals surface area (Å²) in [6, 6.07) is 7.16. The number of aromatic carboxylic acids is 1. The van der Waals surface area contributed by atoms with Gasteiger partial charge in [-0.25, -0.2) is 9.18 Å². The first-order valence-corrected chi connectivity index (χ1v) is 11.4. The van der Waals surface area contributed by atoms with Crippen molar-refractivity contribution in [3.63, 3.8) is 0 Å². The fourth-order valence-corrected chi connectivity index (χ4v) is 4.82. The van der Waals surface area contributed by atoms with Crippen LogP contribution in [0.1, 0.15) is 36.2 Å². The lowest BCUT2D eigenvalue weighted by atomic mass is 10.00. The SMILES string of the molecule is CC(=O)NCc1ccc2c(c1)Oc1cc(C(=O)O)c(=O)c3cc(F)c(N4CCC(NC(C)=O)C4)n-2c1-3. The number of amides is 2. The zero-order valence-corrected chi connectivity index (χ0v) is 19.6. The third-order valence-corrected chi connectivity index (χ3v) is 6.33. The summed E-state index contributed by atoms with van der Waals surface area (Å²) in [6.45, 7) is 3.86. The summed E-state index contributed by atoms with van der Waals surface area (Å²) in [5, 5.41) is 15.1. The minimum atomic E-state index is -1.44. The van der Waals surface area contributed by atoms with Gasteiger partial charge < -0.3 is 25.4 Å². The molecular formula is C25H23FN4O6. The van der Waals surface area contributed by atoms with Gasteiger partial charge in [-0.15, -0.1) is 0 Å². The molecule has 0 saturated carbocycles. The Hall–Kier alpha value is -4.41. The average molecular weight is 494 g/mol. The van der Waals surface area contributed by atoms with Gasteiger partial charge >= 0.3 is 5.97 Å². The Morgan fingerprint density at radius 2 is 1.92 bits per heavy atom. The van der Waals surface area contributed by atoms with Gasteiger partial charge in [-0.2, -0.15) is 0 Å². The zero-order chi connectivity index (χ0) is 25.7. The second-order valence-electron chi connectivity index (χ2n) is 8.92. The van der Waals surface area contributed by atoms with Crippen molar-refractivity contribution in [2.45, 2.75) is 32.9 Å². The summed E-state index contributed by atoms with van der Waals surface area (Å²) in [7, 11) is 0. The number of anilines is 1. The van der Waals surface area contributed by atoms with Crippen molar-refractivity contribution in [3.8, 4) is 28.4 Å². The van der Waals surface area contributed by atoms with Crippen molar-refractivity contribution in [2.24, 2.45) is 0 Å². The van der Waals surface area contributed by atoms with Gasteiger partial charge in [0.25, 0.3) is 0 Å². The highest BCUT2D eigenvalue weighted by Gasteiger charge is 2.35. The van der Waals surface area contributed by atoms with Gasteiger partial charge in [0.05, 0.1) is 11.3 Å². The number of rotatable bonds is 5. The first-order valence-electron chi connectivity index (χ1n) is 11.4. The van der Waals surface area contributed by atoms with Gasteiger partial charge in [0, 0.05) is 45.6 Å². The highest BCUT2D eigenvalue weighted by Crippen LogP contribution is 2.47. The van der Waals surface area contributed by atoms with E-state index >= 15 is 4.39 Å². The van der Waals surface area contributed by atoms with E-state index in [0.717, 1.165) is 12.1 Å². The van der Waals surface area contributed by atoms with Gasteiger partial charge in [-0.1, -0.05) is 6.07 Å². The third kappa shape index (κ3) is 3.92. The lowest BCUT2D eigenvalue weighted by Gasteiger charge is -2.32. The molecule has 2 amide bonds. The maximum atomic E-state index is 15.7. The van der Waals surface area contributed by atoms with E-state index in [4.69, 9.17) is 4.74 Å². The summed E-state index contributed by atoms with van der Waals surface area (Å²) >= 11 is 0. The van der Waals surface area contributed by atoms with Crippen LogP contribution in [0.15, 0.2) is 35.1 Å². The number of nitrogens with one attached hydrogen (secondary N) is 2. The van der Waals surface area contributed by atoms with Gasteiger partial charge in [0.2, 0.25) is 17.2 Å². The molecule has 4 aliphatic rings. The first-order chi connectivity index (χ1) is 17.1. The predicted molar refractivity (Wildman–Crippen MR) is 128 cm³/mol. The number of nitrogens with zero attached hydrogens (tertiary/aromatic N) is 2. The fraction of sp³-hybridized carbons (Fsp3) is 0.280. The summed E-state index contributed by atoms with van der Waals surface area (Å²) in [4.78, 5) is 49.4. The molecular weight excluding hydrogens is 471 g/mol. The van der Waals surface area contributed by atoms with Gasteiger partial charge in [-0.3, -0.25) is 19.0 Å². The molecule has 1 saturated heterocycles. The highest BCUT2D eigenvalue weighted by atomic mass is 19.1. The van der Waals surface area contributed by atoms with E-state index in [1.807, 2.05) is 0 Å². The number of fused-ring (bicyclic) bond motifs is 2. The normalized spacial score (nSPS) is 15.9. The first kappa shape index (κ1) is 23.3. The number of aromatic nitrogens is 1. The van der Waals surface area contributed by atoms with Crippen molar-refractivity contribution in [2.75, 3.05) is 18.0 Å². The number of carbonyl (C=O) groups is 3. The Bertz CT molecular complexity index is 1470. The monoisotopic (exact) mass is 494 g/mol. The number of benzene rings is 2. The largest absolute Gasteiger partial charge is 0.478 e. The van der Waals surface area contributed by atoms with E-state index in [1.165, 1.54) is 13.8 Å². The van der Waals surface area contributed by atoms with E-state index in [2.05, 4.69) is 10.6 Å². The molecule has 186 valence electrons. The average Bonchev–Trinajstić information content (AvgIpc) is 3.26. The maximum Gasteiger partial charge on any atom is 0.339 e.